The molecule has 0 spiro atoms. The zero-order valence-corrected chi connectivity index (χ0v) is 15.1. The molecule has 0 aromatic heterocycles. The highest BCUT2D eigenvalue weighted by Gasteiger charge is 2.33. The van der Waals surface area contributed by atoms with Gasteiger partial charge in [0.1, 0.15) is 5.75 Å². The van der Waals surface area contributed by atoms with Crippen molar-refractivity contribution < 1.29 is 9.53 Å². The topological polar surface area (TPSA) is 29.5 Å². The van der Waals surface area contributed by atoms with E-state index in [1.165, 1.54) is 17.3 Å². The van der Waals surface area contributed by atoms with Crippen LogP contribution in [0.5, 0.6) is 5.75 Å². The lowest BCUT2D eigenvalue weighted by molar-refractivity contribution is -0.113. The van der Waals surface area contributed by atoms with Gasteiger partial charge in [-0.15, -0.1) is 0 Å². The molecule has 0 unspecified atom stereocenters. The molecule has 1 aliphatic heterocycles. The van der Waals surface area contributed by atoms with Crippen LogP contribution in [0.25, 0.3) is 6.08 Å². The number of thiocarbonyl (C=S) groups is 1. The van der Waals surface area contributed by atoms with Crippen molar-refractivity contribution >= 4 is 46.0 Å². The van der Waals surface area contributed by atoms with Gasteiger partial charge < -0.3 is 4.74 Å². The first-order valence-corrected chi connectivity index (χ1v) is 8.86. The molecule has 0 radical (unpaired) electrons. The number of ether oxygens (including phenoxy) is 1. The molecule has 0 N–H and O–H groups in total. The van der Waals surface area contributed by atoms with E-state index in [-0.39, 0.29) is 5.91 Å². The average molecular weight is 355 g/mol. The molecule has 5 heteroatoms. The minimum atomic E-state index is -0.0882. The van der Waals surface area contributed by atoms with Gasteiger partial charge in [-0.25, -0.2) is 0 Å². The van der Waals surface area contributed by atoms with Crippen LogP contribution in [0.15, 0.2) is 53.4 Å². The predicted molar refractivity (Wildman–Crippen MR) is 104 cm³/mol. The van der Waals surface area contributed by atoms with Crippen molar-refractivity contribution in [1.29, 1.82) is 0 Å². The lowest BCUT2D eigenvalue weighted by Gasteiger charge is -2.14. The number of rotatable bonds is 4. The van der Waals surface area contributed by atoms with Gasteiger partial charge in [0.25, 0.3) is 5.91 Å². The summed E-state index contributed by atoms with van der Waals surface area (Å²) in [6.45, 7) is 2.12. The first-order valence-electron chi connectivity index (χ1n) is 7.63. The molecule has 1 heterocycles. The number of thioether (sulfide) groups is 1. The van der Waals surface area contributed by atoms with Gasteiger partial charge in [-0.2, -0.15) is 0 Å². The highest BCUT2D eigenvalue weighted by molar-refractivity contribution is 8.27. The van der Waals surface area contributed by atoms with Gasteiger partial charge in [0.05, 0.1) is 17.7 Å². The molecule has 2 aromatic rings. The molecule has 0 saturated carbocycles. The number of hydrogen-bond acceptors (Lipinski definition) is 4. The Labute approximate surface area is 151 Å². The Kier molecular flexibility index (Phi) is 5.02. The Morgan fingerprint density at radius 1 is 1.12 bits per heavy atom. The summed E-state index contributed by atoms with van der Waals surface area (Å²) in [6.07, 6.45) is 2.89. The van der Waals surface area contributed by atoms with Crippen LogP contribution in [0.1, 0.15) is 18.1 Å². The number of methoxy groups -OCH3 is 1. The van der Waals surface area contributed by atoms with Crippen LogP contribution in [-0.4, -0.2) is 17.3 Å². The summed E-state index contributed by atoms with van der Waals surface area (Å²) >= 11 is 6.72. The molecule has 1 saturated heterocycles. The molecular formula is C19H17NO2S2. The Balaban J connectivity index is 1.85. The number of carbonyl (C=O) groups excluding carboxylic acids is 1. The van der Waals surface area contributed by atoms with Crippen molar-refractivity contribution in [2.24, 2.45) is 0 Å². The molecular weight excluding hydrogens is 338 g/mol. The summed E-state index contributed by atoms with van der Waals surface area (Å²) in [5, 5.41) is 0. The van der Waals surface area contributed by atoms with E-state index >= 15 is 0 Å². The minimum absolute atomic E-state index is 0.0882. The molecule has 122 valence electrons. The van der Waals surface area contributed by atoms with Crippen molar-refractivity contribution in [1.82, 2.24) is 0 Å². The number of nitrogens with zero attached hydrogens (tertiary/aromatic N) is 1. The maximum absolute atomic E-state index is 12.7. The van der Waals surface area contributed by atoms with Crippen LogP contribution < -0.4 is 9.64 Å². The van der Waals surface area contributed by atoms with Crippen molar-refractivity contribution in [3.8, 4) is 5.75 Å². The smallest absolute Gasteiger partial charge is 0.270 e. The summed E-state index contributed by atoms with van der Waals surface area (Å²) in [5.41, 5.74) is 3.03. The summed E-state index contributed by atoms with van der Waals surface area (Å²) in [5.74, 6) is 0.658. The quantitative estimate of drug-likeness (QED) is 0.589. The predicted octanol–water partition coefficient (Wildman–Crippen LogP) is 4.66. The maximum atomic E-state index is 12.7. The Morgan fingerprint density at radius 2 is 1.79 bits per heavy atom. The van der Waals surface area contributed by atoms with Crippen LogP contribution in [0.4, 0.5) is 5.69 Å². The summed E-state index contributed by atoms with van der Waals surface area (Å²) in [4.78, 5) is 14.9. The lowest BCUT2D eigenvalue weighted by atomic mass is 10.1. The second-order valence-corrected chi connectivity index (χ2v) is 6.99. The normalized spacial score (nSPS) is 16.1. The van der Waals surface area contributed by atoms with Crippen molar-refractivity contribution in [2.45, 2.75) is 13.3 Å². The third-order valence-electron chi connectivity index (χ3n) is 3.81. The van der Waals surface area contributed by atoms with E-state index in [4.69, 9.17) is 17.0 Å². The van der Waals surface area contributed by atoms with E-state index in [2.05, 4.69) is 19.1 Å². The summed E-state index contributed by atoms with van der Waals surface area (Å²) in [7, 11) is 1.61. The van der Waals surface area contributed by atoms with Crippen LogP contribution in [0.2, 0.25) is 0 Å². The fraction of sp³-hybridized carbons (Fsp3) is 0.158. The van der Waals surface area contributed by atoms with Gasteiger partial charge in [0.2, 0.25) is 0 Å². The Hall–Kier alpha value is -2.11. The van der Waals surface area contributed by atoms with E-state index in [1.54, 1.807) is 12.0 Å². The molecule has 0 atom stereocenters. The van der Waals surface area contributed by atoms with E-state index in [0.29, 0.717) is 9.23 Å². The molecule has 2 aromatic carbocycles. The number of carbonyl (C=O) groups is 1. The van der Waals surface area contributed by atoms with E-state index < -0.39 is 0 Å². The van der Waals surface area contributed by atoms with Crippen LogP contribution in [-0.2, 0) is 11.2 Å². The van der Waals surface area contributed by atoms with Gasteiger partial charge in [0, 0.05) is 0 Å². The second-order valence-electron chi connectivity index (χ2n) is 5.31. The zero-order chi connectivity index (χ0) is 17.1. The minimum Gasteiger partial charge on any atom is -0.497 e. The number of aryl methyl sites for hydroxylation is 1. The number of benzene rings is 2. The summed E-state index contributed by atoms with van der Waals surface area (Å²) in [6, 6.07) is 15.5. The zero-order valence-electron chi connectivity index (χ0n) is 13.5. The first-order chi connectivity index (χ1) is 11.6. The van der Waals surface area contributed by atoms with Crippen molar-refractivity contribution in [2.75, 3.05) is 12.0 Å². The van der Waals surface area contributed by atoms with Gasteiger partial charge in [-0.1, -0.05) is 55.2 Å². The van der Waals surface area contributed by atoms with Gasteiger partial charge >= 0.3 is 0 Å². The van der Waals surface area contributed by atoms with Crippen LogP contribution >= 0.6 is 24.0 Å². The standard InChI is InChI=1S/C19H17NO2S2/c1-3-13-4-6-14(7-5-13)12-17-18(21)20(19(23)24-17)15-8-10-16(22-2)11-9-15/h4-12H,3H2,1-2H3. The van der Waals surface area contributed by atoms with Crippen molar-refractivity contribution in [3.05, 3.63) is 64.6 Å². The monoisotopic (exact) mass is 355 g/mol. The Morgan fingerprint density at radius 3 is 2.38 bits per heavy atom. The molecule has 0 aliphatic carbocycles. The third-order valence-corrected chi connectivity index (χ3v) is 5.11. The van der Waals surface area contributed by atoms with Gasteiger partial charge in [-0.05, 0) is 47.9 Å². The molecule has 1 fully saturated rings. The highest BCUT2D eigenvalue weighted by Crippen LogP contribution is 2.36. The van der Waals surface area contributed by atoms with Crippen LogP contribution in [0.3, 0.4) is 0 Å². The SMILES string of the molecule is CCc1ccc(C=C2SC(=S)N(c3ccc(OC)cc3)C2=O)cc1. The average Bonchev–Trinajstić information content (AvgIpc) is 2.89. The molecule has 0 bridgehead atoms. The van der Waals surface area contributed by atoms with Crippen molar-refractivity contribution in [3.63, 3.8) is 0 Å². The fourth-order valence-corrected chi connectivity index (χ4v) is 3.72. The lowest BCUT2D eigenvalue weighted by Crippen LogP contribution is -2.27. The molecule has 3 rings (SSSR count). The molecule has 1 aliphatic rings. The highest BCUT2D eigenvalue weighted by atomic mass is 32.2. The fourth-order valence-electron chi connectivity index (χ4n) is 2.42. The molecule has 1 amide bonds. The third kappa shape index (κ3) is 3.37. The maximum Gasteiger partial charge on any atom is 0.270 e. The first kappa shape index (κ1) is 16.7. The van der Waals surface area contributed by atoms with E-state index in [1.807, 2.05) is 42.5 Å². The molecule has 24 heavy (non-hydrogen) atoms. The number of hydrogen-bond donors (Lipinski definition) is 0. The van der Waals surface area contributed by atoms with E-state index in [9.17, 15) is 4.79 Å². The van der Waals surface area contributed by atoms with Gasteiger partial charge in [-0.3, -0.25) is 9.69 Å². The van der Waals surface area contributed by atoms with Crippen LogP contribution in [0, 0.1) is 0 Å². The second kappa shape index (κ2) is 7.20. The Bertz CT molecular complexity index is 795. The number of anilines is 1. The van der Waals surface area contributed by atoms with Gasteiger partial charge in [0.15, 0.2) is 4.32 Å². The molecule has 3 nitrogen and oxygen atoms in total. The summed E-state index contributed by atoms with van der Waals surface area (Å²) < 4.78 is 5.69. The van der Waals surface area contributed by atoms with E-state index in [0.717, 1.165) is 23.4 Å². The number of amides is 1. The largest absolute Gasteiger partial charge is 0.497 e.